The lowest BCUT2D eigenvalue weighted by Crippen LogP contribution is -2.16. The highest BCUT2D eigenvalue weighted by Crippen LogP contribution is 2.25. The zero-order chi connectivity index (χ0) is 7.98. The van der Waals surface area contributed by atoms with Crippen LogP contribution in [0.4, 0.5) is 0 Å². The lowest BCUT2D eigenvalue weighted by atomic mass is 10.5. The quantitative estimate of drug-likeness (QED) is 0.655. The van der Waals surface area contributed by atoms with Crippen molar-refractivity contribution in [2.75, 3.05) is 11.5 Å². The second-order valence-electron chi connectivity index (χ2n) is 2.02. The predicted molar refractivity (Wildman–Crippen MR) is 51.7 cm³/mol. The van der Waals surface area contributed by atoms with Crippen LogP contribution in [0.5, 0.6) is 0 Å². The summed E-state index contributed by atoms with van der Waals surface area (Å²) in [5.74, 6) is 2.17. The van der Waals surface area contributed by atoms with E-state index in [0.717, 1.165) is 11.5 Å². The van der Waals surface area contributed by atoms with Crippen molar-refractivity contribution in [3.05, 3.63) is 0 Å². The minimum absolute atomic E-state index is 0.185. The molecule has 62 valence electrons. The molecule has 0 fully saturated rings. The van der Waals surface area contributed by atoms with Gasteiger partial charge in [-0.25, -0.2) is 0 Å². The fraction of sp³-hybridized carbons (Fsp3) is 1.00. The molecular formula is C7H16OS2. The predicted octanol–water partition coefficient (Wildman–Crippen LogP) is 2.20. The second-order valence-corrected chi connectivity index (χ2v) is 5.16. The van der Waals surface area contributed by atoms with E-state index >= 15 is 0 Å². The zero-order valence-electron chi connectivity index (χ0n) is 6.83. The van der Waals surface area contributed by atoms with E-state index in [0.29, 0.717) is 4.58 Å². The molecule has 0 heterocycles. The molecule has 0 aromatic carbocycles. The van der Waals surface area contributed by atoms with Gasteiger partial charge in [0, 0.05) is 0 Å². The Labute approximate surface area is 72.0 Å². The van der Waals surface area contributed by atoms with Crippen LogP contribution >= 0.6 is 23.5 Å². The molecule has 0 rings (SSSR count). The van der Waals surface area contributed by atoms with Crippen LogP contribution in [0.2, 0.25) is 0 Å². The molecule has 0 aromatic heterocycles. The van der Waals surface area contributed by atoms with Crippen LogP contribution in [0, 0.1) is 0 Å². The van der Waals surface area contributed by atoms with Crippen LogP contribution in [0.1, 0.15) is 20.8 Å². The van der Waals surface area contributed by atoms with Crippen molar-refractivity contribution in [3.8, 4) is 0 Å². The Morgan fingerprint density at radius 3 is 1.80 bits per heavy atom. The minimum Gasteiger partial charge on any atom is -0.391 e. The Hall–Kier alpha value is 0.660. The third-order valence-corrected chi connectivity index (χ3v) is 3.98. The molecule has 1 atom stereocenters. The van der Waals surface area contributed by atoms with E-state index < -0.39 is 0 Å². The van der Waals surface area contributed by atoms with Crippen molar-refractivity contribution in [2.24, 2.45) is 0 Å². The van der Waals surface area contributed by atoms with Crippen LogP contribution in [0.25, 0.3) is 0 Å². The van der Waals surface area contributed by atoms with Gasteiger partial charge < -0.3 is 5.11 Å². The van der Waals surface area contributed by atoms with Crippen molar-refractivity contribution in [3.63, 3.8) is 0 Å². The summed E-state index contributed by atoms with van der Waals surface area (Å²) in [6.45, 7) is 6.10. The topological polar surface area (TPSA) is 20.2 Å². The molecule has 1 N–H and O–H groups in total. The highest BCUT2D eigenvalue weighted by atomic mass is 32.2. The first-order chi connectivity index (χ1) is 4.72. The van der Waals surface area contributed by atoms with Crippen molar-refractivity contribution in [1.29, 1.82) is 0 Å². The van der Waals surface area contributed by atoms with Gasteiger partial charge >= 0.3 is 0 Å². The molecule has 10 heavy (non-hydrogen) atoms. The molecule has 0 aliphatic rings. The van der Waals surface area contributed by atoms with Gasteiger partial charge in [-0.05, 0) is 18.4 Å². The summed E-state index contributed by atoms with van der Waals surface area (Å²) in [6, 6.07) is 0. The van der Waals surface area contributed by atoms with Crippen molar-refractivity contribution < 1.29 is 5.11 Å². The van der Waals surface area contributed by atoms with Crippen LogP contribution in [-0.4, -0.2) is 27.3 Å². The van der Waals surface area contributed by atoms with Crippen molar-refractivity contribution in [1.82, 2.24) is 0 Å². The van der Waals surface area contributed by atoms with Gasteiger partial charge in [0.25, 0.3) is 0 Å². The lowest BCUT2D eigenvalue weighted by molar-refractivity contribution is 0.213. The van der Waals surface area contributed by atoms with Gasteiger partial charge in [-0.1, -0.05) is 13.8 Å². The second kappa shape index (κ2) is 6.38. The molecule has 0 saturated heterocycles. The largest absolute Gasteiger partial charge is 0.391 e. The summed E-state index contributed by atoms with van der Waals surface area (Å²) >= 11 is 3.64. The molecule has 1 unspecified atom stereocenters. The molecule has 0 amide bonds. The Morgan fingerprint density at radius 2 is 1.60 bits per heavy atom. The molecule has 0 aliphatic heterocycles. The first kappa shape index (κ1) is 10.7. The maximum absolute atomic E-state index is 9.23. The summed E-state index contributed by atoms with van der Waals surface area (Å²) < 4.78 is 0.370. The molecule has 1 nitrogen and oxygen atoms in total. The highest BCUT2D eigenvalue weighted by Gasteiger charge is 2.12. The molecule has 3 heteroatoms. The van der Waals surface area contributed by atoms with E-state index in [2.05, 4.69) is 13.8 Å². The Kier molecular flexibility index (Phi) is 6.80. The van der Waals surface area contributed by atoms with Crippen LogP contribution in [-0.2, 0) is 0 Å². The van der Waals surface area contributed by atoms with Gasteiger partial charge in [-0.2, -0.15) is 0 Å². The van der Waals surface area contributed by atoms with E-state index in [1.165, 1.54) is 0 Å². The van der Waals surface area contributed by atoms with E-state index in [1.807, 2.05) is 30.4 Å². The zero-order valence-corrected chi connectivity index (χ0v) is 8.47. The average Bonchev–Trinajstić information content (AvgIpc) is 1.87. The normalized spacial score (nSPS) is 14.1. The molecule has 0 aromatic rings. The maximum atomic E-state index is 9.23. The van der Waals surface area contributed by atoms with E-state index in [4.69, 9.17) is 0 Å². The lowest BCUT2D eigenvalue weighted by Gasteiger charge is -2.16. The summed E-state index contributed by atoms with van der Waals surface area (Å²) in [4.78, 5) is 0. The third kappa shape index (κ3) is 4.47. The monoisotopic (exact) mass is 180 g/mol. The molecule has 0 saturated carbocycles. The van der Waals surface area contributed by atoms with Gasteiger partial charge in [0.05, 0.1) is 10.7 Å². The molecule has 0 aliphatic carbocycles. The molecular weight excluding hydrogens is 164 g/mol. The average molecular weight is 180 g/mol. The van der Waals surface area contributed by atoms with E-state index in [1.54, 1.807) is 0 Å². The van der Waals surface area contributed by atoms with Crippen LogP contribution in [0.3, 0.4) is 0 Å². The van der Waals surface area contributed by atoms with Gasteiger partial charge in [0.2, 0.25) is 0 Å². The number of rotatable bonds is 5. The van der Waals surface area contributed by atoms with Gasteiger partial charge in [0.15, 0.2) is 0 Å². The highest BCUT2D eigenvalue weighted by molar-refractivity contribution is 8.17. The maximum Gasteiger partial charge on any atom is 0.0758 e. The SMILES string of the molecule is CCSC(SCC)C(C)O. The smallest absolute Gasteiger partial charge is 0.0758 e. The van der Waals surface area contributed by atoms with E-state index in [9.17, 15) is 5.11 Å². The fourth-order valence-corrected chi connectivity index (χ4v) is 3.07. The summed E-state index contributed by atoms with van der Waals surface area (Å²) in [5, 5.41) is 9.23. The van der Waals surface area contributed by atoms with Crippen LogP contribution < -0.4 is 0 Å². The number of thioether (sulfide) groups is 2. The number of aliphatic hydroxyl groups is 1. The number of hydrogen-bond donors (Lipinski definition) is 1. The standard InChI is InChI=1S/C7H16OS2/c1-4-9-7(6(3)8)10-5-2/h6-8H,4-5H2,1-3H3. The Morgan fingerprint density at radius 1 is 1.20 bits per heavy atom. The fourth-order valence-electron chi connectivity index (χ4n) is 0.655. The summed E-state index contributed by atoms with van der Waals surface area (Å²) in [7, 11) is 0. The number of hydrogen-bond acceptors (Lipinski definition) is 3. The summed E-state index contributed by atoms with van der Waals surface area (Å²) in [6.07, 6.45) is -0.185. The molecule has 0 bridgehead atoms. The third-order valence-electron chi connectivity index (χ3n) is 1.06. The van der Waals surface area contributed by atoms with Crippen molar-refractivity contribution in [2.45, 2.75) is 31.5 Å². The Bertz CT molecular complexity index is 70.0. The van der Waals surface area contributed by atoms with Gasteiger partial charge in [-0.3, -0.25) is 0 Å². The molecule has 0 spiro atoms. The first-order valence-corrected chi connectivity index (χ1v) is 5.73. The molecule has 0 radical (unpaired) electrons. The first-order valence-electron chi connectivity index (χ1n) is 3.63. The van der Waals surface area contributed by atoms with E-state index in [-0.39, 0.29) is 6.10 Å². The van der Waals surface area contributed by atoms with Gasteiger partial charge in [-0.15, -0.1) is 23.5 Å². The Balaban J connectivity index is 3.50. The summed E-state index contributed by atoms with van der Waals surface area (Å²) in [5.41, 5.74) is 0. The minimum atomic E-state index is -0.185. The van der Waals surface area contributed by atoms with Crippen molar-refractivity contribution >= 4 is 23.5 Å². The van der Waals surface area contributed by atoms with Crippen LogP contribution in [0.15, 0.2) is 0 Å². The van der Waals surface area contributed by atoms with Gasteiger partial charge in [0.1, 0.15) is 0 Å². The number of aliphatic hydroxyl groups excluding tert-OH is 1.